The Labute approximate surface area is 82.0 Å². The van der Waals surface area contributed by atoms with Crippen molar-refractivity contribution in [3.05, 3.63) is 35.5 Å². The monoisotopic (exact) mass is 186 g/mol. The Hall–Kier alpha value is -1.44. The molecule has 0 fully saturated rings. The molecule has 4 aliphatic rings. The van der Waals surface area contributed by atoms with Gasteiger partial charge in [-0.2, -0.15) is 0 Å². The molecule has 2 atom stereocenters. The van der Waals surface area contributed by atoms with E-state index in [2.05, 4.69) is 12.2 Å². The molecule has 0 saturated heterocycles. The highest BCUT2D eigenvalue weighted by atomic mass is 16.1. The summed E-state index contributed by atoms with van der Waals surface area (Å²) in [5, 5.41) is 0. The molecule has 0 aromatic carbocycles. The lowest BCUT2D eigenvalue weighted by Gasteiger charge is -2.35. The summed E-state index contributed by atoms with van der Waals surface area (Å²) >= 11 is 0. The first-order valence-electron chi connectivity index (χ1n) is 4.96. The summed E-state index contributed by atoms with van der Waals surface area (Å²) in [6, 6.07) is 0. The number of hydrogen-bond acceptors (Lipinski definition) is 2. The number of allylic oxidation sites excluding steroid dienone is 6. The third-order valence-electron chi connectivity index (χ3n) is 3.31. The maximum absolute atomic E-state index is 11.6. The van der Waals surface area contributed by atoms with Gasteiger partial charge in [0.15, 0.2) is 11.6 Å². The van der Waals surface area contributed by atoms with E-state index in [1.165, 1.54) is 12.2 Å². The Kier molecular flexibility index (Phi) is 1.43. The van der Waals surface area contributed by atoms with Gasteiger partial charge in [0.2, 0.25) is 0 Å². The minimum absolute atomic E-state index is 0.0404. The summed E-state index contributed by atoms with van der Waals surface area (Å²) in [6.07, 6.45) is 9.03. The summed E-state index contributed by atoms with van der Waals surface area (Å²) in [6.45, 7) is 0. The van der Waals surface area contributed by atoms with Gasteiger partial charge in [0, 0.05) is 23.0 Å². The quantitative estimate of drug-likeness (QED) is 0.425. The van der Waals surface area contributed by atoms with Crippen molar-refractivity contribution in [3.8, 4) is 0 Å². The molecule has 0 aromatic rings. The Bertz CT molecular complexity index is 386. The molecule has 0 spiro atoms. The lowest BCUT2D eigenvalue weighted by Crippen LogP contribution is -2.31. The third-order valence-corrected chi connectivity index (χ3v) is 3.31. The maximum Gasteiger partial charge on any atom is 0.182 e. The SMILES string of the molecule is O=C1C=CC(=O)C2=C1[C@@H]1C=C[C@H]2CC1. The average molecular weight is 186 g/mol. The first kappa shape index (κ1) is 7.92. The molecule has 0 aromatic heterocycles. The molecule has 70 valence electrons. The molecule has 2 nitrogen and oxygen atoms in total. The van der Waals surface area contributed by atoms with E-state index < -0.39 is 0 Å². The molecule has 0 N–H and O–H groups in total. The van der Waals surface area contributed by atoms with Gasteiger partial charge < -0.3 is 0 Å². The second kappa shape index (κ2) is 2.53. The molecular weight excluding hydrogens is 176 g/mol. The molecule has 0 amide bonds. The van der Waals surface area contributed by atoms with Crippen LogP contribution in [-0.2, 0) is 9.59 Å². The molecule has 0 aliphatic heterocycles. The van der Waals surface area contributed by atoms with Gasteiger partial charge in [-0.3, -0.25) is 9.59 Å². The van der Waals surface area contributed by atoms with Crippen LogP contribution < -0.4 is 0 Å². The van der Waals surface area contributed by atoms with Crippen molar-refractivity contribution >= 4 is 11.6 Å². The highest BCUT2D eigenvalue weighted by Crippen LogP contribution is 2.42. The van der Waals surface area contributed by atoms with Crippen LogP contribution in [0, 0.1) is 11.8 Å². The van der Waals surface area contributed by atoms with E-state index in [9.17, 15) is 9.59 Å². The Morgan fingerprint density at radius 3 is 1.64 bits per heavy atom. The zero-order chi connectivity index (χ0) is 9.71. The number of hydrogen-bond donors (Lipinski definition) is 0. The van der Waals surface area contributed by atoms with Gasteiger partial charge >= 0.3 is 0 Å². The van der Waals surface area contributed by atoms with Crippen LogP contribution in [0.3, 0.4) is 0 Å². The van der Waals surface area contributed by atoms with Gasteiger partial charge in [-0.25, -0.2) is 0 Å². The van der Waals surface area contributed by atoms with E-state index in [0.717, 1.165) is 24.0 Å². The van der Waals surface area contributed by atoms with Gasteiger partial charge in [-0.15, -0.1) is 0 Å². The second-order valence-corrected chi connectivity index (χ2v) is 4.06. The van der Waals surface area contributed by atoms with Crippen molar-refractivity contribution in [2.45, 2.75) is 12.8 Å². The number of carbonyl (C=O) groups is 2. The molecule has 0 unspecified atom stereocenters. The maximum atomic E-state index is 11.6. The molecule has 14 heavy (non-hydrogen) atoms. The van der Waals surface area contributed by atoms with E-state index in [1.807, 2.05) is 0 Å². The normalized spacial score (nSPS) is 34.0. The topological polar surface area (TPSA) is 34.1 Å². The molecule has 2 bridgehead atoms. The molecular formula is C12H10O2. The van der Waals surface area contributed by atoms with E-state index in [4.69, 9.17) is 0 Å². The largest absolute Gasteiger partial charge is 0.290 e. The molecule has 0 radical (unpaired) electrons. The average Bonchev–Trinajstić information content (AvgIpc) is 2.25. The zero-order valence-corrected chi connectivity index (χ0v) is 7.69. The Balaban J connectivity index is 2.19. The minimum Gasteiger partial charge on any atom is -0.290 e. The summed E-state index contributed by atoms with van der Waals surface area (Å²) in [5.74, 6) is 0.491. The summed E-state index contributed by atoms with van der Waals surface area (Å²) in [7, 11) is 0. The predicted molar refractivity (Wildman–Crippen MR) is 51.5 cm³/mol. The fourth-order valence-corrected chi connectivity index (χ4v) is 2.66. The fraction of sp³-hybridized carbons (Fsp3) is 0.333. The lowest BCUT2D eigenvalue weighted by molar-refractivity contribution is -0.116. The molecule has 4 aliphatic carbocycles. The van der Waals surface area contributed by atoms with Crippen LogP contribution in [0.1, 0.15) is 12.8 Å². The van der Waals surface area contributed by atoms with E-state index in [-0.39, 0.29) is 23.4 Å². The van der Waals surface area contributed by atoms with Crippen molar-refractivity contribution in [3.63, 3.8) is 0 Å². The van der Waals surface area contributed by atoms with Gasteiger partial charge in [0.25, 0.3) is 0 Å². The highest BCUT2D eigenvalue weighted by Gasteiger charge is 2.38. The fourth-order valence-electron chi connectivity index (χ4n) is 2.66. The first-order chi connectivity index (χ1) is 6.77. The number of carbonyl (C=O) groups excluding carboxylic acids is 2. The predicted octanol–water partition coefficient (Wildman–Crippen LogP) is 1.59. The molecule has 4 rings (SSSR count). The highest BCUT2D eigenvalue weighted by molar-refractivity contribution is 6.21. The van der Waals surface area contributed by atoms with Crippen LogP contribution in [0.5, 0.6) is 0 Å². The van der Waals surface area contributed by atoms with Crippen LogP contribution in [0.25, 0.3) is 0 Å². The van der Waals surface area contributed by atoms with Gasteiger partial charge in [0.05, 0.1) is 0 Å². The van der Waals surface area contributed by atoms with Crippen molar-refractivity contribution in [1.29, 1.82) is 0 Å². The van der Waals surface area contributed by atoms with Gasteiger partial charge in [-0.1, -0.05) is 12.2 Å². The number of rotatable bonds is 0. The van der Waals surface area contributed by atoms with Crippen molar-refractivity contribution in [2.24, 2.45) is 11.8 Å². The summed E-state index contributed by atoms with van der Waals surface area (Å²) < 4.78 is 0. The van der Waals surface area contributed by atoms with Crippen LogP contribution >= 0.6 is 0 Å². The van der Waals surface area contributed by atoms with Crippen molar-refractivity contribution < 1.29 is 9.59 Å². The van der Waals surface area contributed by atoms with Crippen molar-refractivity contribution in [1.82, 2.24) is 0 Å². The smallest absolute Gasteiger partial charge is 0.182 e. The Morgan fingerprint density at radius 2 is 1.29 bits per heavy atom. The second-order valence-electron chi connectivity index (χ2n) is 4.06. The van der Waals surface area contributed by atoms with Crippen molar-refractivity contribution in [2.75, 3.05) is 0 Å². The Morgan fingerprint density at radius 1 is 0.857 bits per heavy atom. The van der Waals surface area contributed by atoms with Crippen LogP contribution in [0.4, 0.5) is 0 Å². The first-order valence-corrected chi connectivity index (χ1v) is 4.96. The molecule has 0 saturated carbocycles. The number of fused-ring (bicyclic) bond motifs is 1. The molecule has 0 heterocycles. The van der Waals surface area contributed by atoms with E-state index in [0.29, 0.717) is 0 Å². The van der Waals surface area contributed by atoms with Crippen LogP contribution in [-0.4, -0.2) is 11.6 Å². The van der Waals surface area contributed by atoms with Crippen LogP contribution in [0.2, 0.25) is 0 Å². The third kappa shape index (κ3) is 0.857. The standard InChI is InChI=1S/C12H10O2/c13-9-5-6-10(14)12-8-2-1-7(3-4-8)11(9)12/h1-2,5-8H,3-4H2/t7-,8+. The summed E-state index contributed by atoms with van der Waals surface area (Å²) in [5.41, 5.74) is 1.55. The van der Waals surface area contributed by atoms with Gasteiger partial charge in [0.1, 0.15) is 0 Å². The lowest BCUT2D eigenvalue weighted by atomic mass is 9.67. The van der Waals surface area contributed by atoms with Crippen LogP contribution in [0.15, 0.2) is 35.5 Å². The minimum atomic E-state index is 0.0404. The van der Waals surface area contributed by atoms with Gasteiger partial charge in [-0.05, 0) is 25.0 Å². The molecule has 2 heteroatoms. The van der Waals surface area contributed by atoms with E-state index >= 15 is 0 Å². The number of ketones is 2. The summed E-state index contributed by atoms with van der Waals surface area (Å²) in [4.78, 5) is 23.3. The van der Waals surface area contributed by atoms with E-state index in [1.54, 1.807) is 0 Å². The zero-order valence-electron chi connectivity index (χ0n) is 7.69.